The molecule has 2 aliphatic rings. The lowest BCUT2D eigenvalue weighted by atomic mass is 10.2. The van der Waals surface area contributed by atoms with Crippen molar-refractivity contribution in [1.82, 2.24) is 21.3 Å². The first-order chi connectivity index (χ1) is 8.67. The van der Waals surface area contributed by atoms with Gasteiger partial charge in [-0.1, -0.05) is 13.8 Å². The Kier molecular flexibility index (Phi) is 6.67. The minimum atomic E-state index is -0.318. The van der Waals surface area contributed by atoms with Crippen LogP contribution in [0.25, 0.3) is 0 Å². The SMILES string of the molecule is CC[C@@H]1NC(=O)CNC1=O.CC[C@H]1CNCCN1. The largest absolute Gasteiger partial charge is 0.345 e. The molecule has 0 aromatic rings. The van der Waals surface area contributed by atoms with Crippen molar-refractivity contribution in [2.45, 2.75) is 38.8 Å². The van der Waals surface area contributed by atoms with Gasteiger partial charge in [0.15, 0.2) is 0 Å². The molecule has 0 saturated carbocycles. The lowest BCUT2D eigenvalue weighted by molar-refractivity contribution is -0.133. The van der Waals surface area contributed by atoms with Gasteiger partial charge < -0.3 is 21.3 Å². The smallest absolute Gasteiger partial charge is 0.243 e. The van der Waals surface area contributed by atoms with E-state index >= 15 is 0 Å². The lowest BCUT2D eigenvalue weighted by Gasteiger charge is -2.22. The van der Waals surface area contributed by atoms with Crippen LogP contribution in [-0.2, 0) is 9.59 Å². The number of nitrogens with one attached hydrogen (secondary N) is 4. The van der Waals surface area contributed by atoms with E-state index in [9.17, 15) is 9.59 Å². The molecule has 2 saturated heterocycles. The van der Waals surface area contributed by atoms with Crippen LogP contribution in [0.3, 0.4) is 0 Å². The van der Waals surface area contributed by atoms with Crippen LogP contribution in [0.1, 0.15) is 26.7 Å². The number of piperazine rings is 2. The maximum Gasteiger partial charge on any atom is 0.243 e. The Morgan fingerprint density at radius 2 is 1.94 bits per heavy atom. The molecule has 6 nitrogen and oxygen atoms in total. The molecule has 0 radical (unpaired) electrons. The van der Waals surface area contributed by atoms with E-state index in [1.54, 1.807) is 0 Å². The molecule has 0 unspecified atom stereocenters. The third kappa shape index (κ3) is 5.01. The number of hydrogen-bond donors (Lipinski definition) is 4. The van der Waals surface area contributed by atoms with Crippen LogP contribution in [-0.4, -0.2) is 50.1 Å². The molecule has 6 heteroatoms. The van der Waals surface area contributed by atoms with Gasteiger partial charge in [-0.2, -0.15) is 0 Å². The number of rotatable bonds is 2. The number of amides is 2. The molecule has 0 bridgehead atoms. The zero-order chi connectivity index (χ0) is 13.4. The van der Waals surface area contributed by atoms with E-state index in [0.717, 1.165) is 25.7 Å². The van der Waals surface area contributed by atoms with E-state index in [-0.39, 0.29) is 24.4 Å². The summed E-state index contributed by atoms with van der Waals surface area (Å²) in [5.74, 6) is -0.187. The Labute approximate surface area is 108 Å². The molecule has 18 heavy (non-hydrogen) atoms. The molecule has 2 fully saturated rings. The second-order valence-electron chi connectivity index (χ2n) is 4.51. The molecule has 4 N–H and O–H groups in total. The predicted molar refractivity (Wildman–Crippen MR) is 70.2 cm³/mol. The van der Waals surface area contributed by atoms with E-state index in [1.807, 2.05) is 6.92 Å². The van der Waals surface area contributed by atoms with E-state index in [2.05, 4.69) is 28.2 Å². The minimum Gasteiger partial charge on any atom is -0.345 e. The molecule has 104 valence electrons. The standard InChI is InChI=1S/C6H10N2O2.C6H14N2/c1-2-4-6(10)7-3-5(9)8-4;1-2-6-5-7-3-4-8-6/h4H,2-3H2,1H3,(H,7,10)(H,8,9);6-8H,2-5H2,1H3/t4-;6-/m00/s1. The lowest BCUT2D eigenvalue weighted by Crippen LogP contribution is -2.55. The minimum absolute atomic E-state index is 0.0814. The van der Waals surface area contributed by atoms with Gasteiger partial charge in [-0.15, -0.1) is 0 Å². The maximum atomic E-state index is 10.8. The van der Waals surface area contributed by atoms with Crippen molar-refractivity contribution in [2.24, 2.45) is 0 Å². The molecule has 2 amide bonds. The van der Waals surface area contributed by atoms with Crippen molar-refractivity contribution < 1.29 is 9.59 Å². The quantitative estimate of drug-likeness (QED) is 0.509. The molecular formula is C12H24N4O2. The first-order valence-corrected chi connectivity index (χ1v) is 6.68. The van der Waals surface area contributed by atoms with Crippen LogP contribution in [0.4, 0.5) is 0 Å². The number of hydrogen-bond acceptors (Lipinski definition) is 4. The predicted octanol–water partition coefficient (Wildman–Crippen LogP) is -1.03. The van der Waals surface area contributed by atoms with Gasteiger partial charge in [0.25, 0.3) is 0 Å². The topological polar surface area (TPSA) is 82.3 Å². The zero-order valence-electron chi connectivity index (χ0n) is 11.2. The van der Waals surface area contributed by atoms with Crippen molar-refractivity contribution in [2.75, 3.05) is 26.2 Å². The summed E-state index contributed by atoms with van der Waals surface area (Å²) in [5, 5.41) is 11.8. The van der Waals surface area contributed by atoms with Crippen LogP contribution in [0.5, 0.6) is 0 Å². The van der Waals surface area contributed by atoms with Gasteiger partial charge in [0, 0.05) is 25.7 Å². The number of carbonyl (C=O) groups excluding carboxylic acids is 2. The van der Waals surface area contributed by atoms with Crippen LogP contribution in [0.15, 0.2) is 0 Å². The van der Waals surface area contributed by atoms with Gasteiger partial charge in [-0.05, 0) is 12.8 Å². The van der Waals surface area contributed by atoms with Crippen LogP contribution >= 0.6 is 0 Å². The monoisotopic (exact) mass is 256 g/mol. The first-order valence-electron chi connectivity index (χ1n) is 6.68. The Balaban J connectivity index is 0.000000184. The molecule has 0 aliphatic carbocycles. The second-order valence-corrected chi connectivity index (χ2v) is 4.51. The van der Waals surface area contributed by atoms with Crippen molar-refractivity contribution >= 4 is 11.8 Å². The van der Waals surface area contributed by atoms with Crippen molar-refractivity contribution in [3.8, 4) is 0 Å². The van der Waals surface area contributed by atoms with Gasteiger partial charge in [0.2, 0.25) is 11.8 Å². The molecule has 2 aliphatic heterocycles. The molecule has 2 heterocycles. The maximum absolute atomic E-state index is 10.8. The first kappa shape index (κ1) is 14.9. The van der Waals surface area contributed by atoms with Gasteiger partial charge in [-0.3, -0.25) is 9.59 Å². The Morgan fingerprint density at radius 1 is 1.17 bits per heavy atom. The third-order valence-corrected chi connectivity index (χ3v) is 3.10. The van der Waals surface area contributed by atoms with Crippen molar-refractivity contribution in [3.63, 3.8) is 0 Å². The summed E-state index contributed by atoms with van der Waals surface area (Å²) in [4.78, 5) is 21.5. The molecule has 2 rings (SSSR count). The highest BCUT2D eigenvalue weighted by Gasteiger charge is 2.23. The summed E-state index contributed by atoms with van der Waals surface area (Å²) in [6, 6.07) is 0.407. The summed E-state index contributed by atoms with van der Waals surface area (Å²) in [7, 11) is 0. The fourth-order valence-corrected chi connectivity index (χ4v) is 1.89. The van der Waals surface area contributed by atoms with Crippen LogP contribution in [0, 0.1) is 0 Å². The summed E-state index contributed by atoms with van der Waals surface area (Å²) < 4.78 is 0. The number of carbonyl (C=O) groups is 2. The van der Waals surface area contributed by atoms with Gasteiger partial charge in [0.1, 0.15) is 6.04 Å². The summed E-state index contributed by atoms with van der Waals surface area (Å²) in [5.41, 5.74) is 0. The Hall–Kier alpha value is -1.14. The average Bonchev–Trinajstić information content (AvgIpc) is 2.43. The fraction of sp³-hybridized carbons (Fsp3) is 0.833. The Bertz CT molecular complexity index is 277. The molecular weight excluding hydrogens is 232 g/mol. The van der Waals surface area contributed by atoms with Gasteiger partial charge in [0.05, 0.1) is 6.54 Å². The molecule has 2 atom stereocenters. The van der Waals surface area contributed by atoms with E-state index in [0.29, 0.717) is 6.42 Å². The zero-order valence-corrected chi connectivity index (χ0v) is 11.2. The van der Waals surface area contributed by atoms with E-state index in [4.69, 9.17) is 0 Å². The van der Waals surface area contributed by atoms with E-state index in [1.165, 1.54) is 6.42 Å². The highest BCUT2D eigenvalue weighted by atomic mass is 16.2. The van der Waals surface area contributed by atoms with E-state index < -0.39 is 0 Å². The summed E-state index contributed by atoms with van der Waals surface area (Å²) in [6.07, 6.45) is 1.89. The molecule has 0 aromatic heterocycles. The highest BCUT2D eigenvalue weighted by Crippen LogP contribution is 1.94. The third-order valence-electron chi connectivity index (χ3n) is 3.10. The van der Waals surface area contributed by atoms with Crippen LogP contribution < -0.4 is 21.3 Å². The average molecular weight is 256 g/mol. The van der Waals surface area contributed by atoms with Gasteiger partial charge >= 0.3 is 0 Å². The fourth-order valence-electron chi connectivity index (χ4n) is 1.89. The summed E-state index contributed by atoms with van der Waals surface area (Å²) >= 11 is 0. The highest BCUT2D eigenvalue weighted by molar-refractivity contribution is 5.94. The summed E-state index contributed by atoms with van der Waals surface area (Å²) in [6.45, 7) is 7.61. The van der Waals surface area contributed by atoms with Crippen LogP contribution in [0.2, 0.25) is 0 Å². The van der Waals surface area contributed by atoms with Crippen molar-refractivity contribution in [1.29, 1.82) is 0 Å². The van der Waals surface area contributed by atoms with Gasteiger partial charge in [-0.25, -0.2) is 0 Å². The molecule has 0 spiro atoms. The Morgan fingerprint density at radius 3 is 2.39 bits per heavy atom. The molecule has 0 aromatic carbocycles. The normalized spacial score (nSPS) is 27.7. The second kappa shape index (κ2) is 8.05. The van der Waals surface area contributed by atoms with Crippen molar-refractivity contribution in [3.05, 3.63) is 0 Å².